The number of nitrogens with zero attached hydrogens (tertiary/aromatic N) is 2. The molecule has 1 aromatic carbocycles. The molecule has 1 aliphatic rings. The first-order valence-electron chi connectivity index (χ1n) is 9.44. The fraction of sp³-hybridized carbons (Fsp3) is 0.364. The van der Waals surface area contributed by atoms with E-state index in [1.165, 1.54) is 4.88 Å². The average Bonchev–Trinajstić information content (AvgIpc) is 3.28. The van der Waals surface area contributed by atoms with E-state index in [0.29, 0.717) is 18.0 Å². The summed E-state index contributed by atoms with van der Waals surface area (Å²) < 4.78 is 0. The number of nitrogens with one attached hydrogen (secondary N) is 1. The maximum atomic E-state index is 12.9. The van der Waals surface area contributed by atoms with Crippen LogP contribution >= 0.6 is 22.9 Å². The average molecular weight is 416 g/mol. The topological polar surface area (TPSA) is 45.2 Å². The van der Waals surface area contributed by atoms with Gasteiger partial charge in [0.15, 0.2) is 0 Å². The van der Waals surface area contributed by atoms with Crippen molar-refractivity contribution >= 4 is 34.4 Å². The van der Waals surface area contributed by atoms with Crippen molar-refractivity contribution < 1.29 is 4.79 Å². The SMILES string of the molecule is CCc1sc(C(CN(C)C)NC(=O)C2=CC=C(c3ccc(Cl)cc3)C2)nc1C. The third kappa shape index (κ3) is 4.90. The highest BCUT2D eigenvalue weighted by molar-refractivity contribution is 7.11. The predicted octanol–water partition coefficient (Wildman–Crippen LogP) is 4.80. The highest BCUT2D eigenvalue weighted by Crippen LogP contribution is 2.30. The normalized spacial score (nSPS) is 14.8. The molecule has 1 amide bonds. The van der Waals surface area contributed by atoms with Crippen molar-refractivity contribution in [1.29, 1.82) is 0 Å². The number of allylic oxidation sites excluding steroid dienone is 3. The van der Waals surface area contributed by atoms with E-state index >= 15 is 0 Å². The minimum absolute atomic E-state index is 0.0297. The lowest BCUT2D eigenvalue weighted by Gasteiger charge is -2.21. The fourth-order valence-corrected chi connectivity index (χ4v) is 4.45. The van der Waals surface area contributed by atoms with E-state index in [1.807, 2.05) is 57.4 Å². The van der Waals surface area contributed by atoms with Crippen molar-refractivity contribution in [2.24, 2.45) is 0 Å². The number of rotatable bonds is 7. The van der Waals surface area contributed by atoms with Gasteiger partial charge in [0, 0.05) is 28.4 Å². The first-order chi connectivity index (χ1) is 13.4. The third-order valence-corrected chi connectivity index (χ3v) is 6.42. The smallest absolute Gasteiger partial charge is 0.248 e. The molecule has 28 heavy (non-hydrogen) atoms. The van der Waals surface area contributed by atoms with Gasteiger partial charge in [-0.1, -0.05) is 42.8 Å². The molecule has 0 saturated heterocycles. The molecule has 0 radical (unpaired) electrons. The Labute approximate surface area is 175 Å². The standard InChI is InChI=1S/C22H26ClN3OS/c1-5-20-14(2)24-22(28-20)19(13-26(3)4)25-21(27)17-7-6-16(12-17)15-8-10-18(23)11-9-15/h6-11,19H,5,12-13H2,1-4H3,(H,25,27). The van der Waals surface area contributed by atoms with Crippen LogP contribution in [0.5, 0.6) is 0 Å². The summed E-state index contributed by atoms with van der Waals surface area (Å²) in [6, 6.07) is 7.61. The molecule has 4 nitrogen and oxygen atoms in total. The van der Waals surface area contributed by atoms with E-state index in [1.54, 1.807) is 11.3 Å². The molecular formula is C22H26ClN3OS. The highest BCUT2D eigenvalue weighted by atomic mass is 35.5. The number of likely N-dealkylation sites (N-methyl/N-ethyl adjacent to an activating group) is 1. The molecule has 3 rings (SSSR count). The Morgan fingerprint density at radius 3 is 2.61 bits per heavy atom. The van der Waals surface area contributed by atoms with Crippen LogP contribution < -0.4 is 5.32 Å². The van der Waals surface area contributed by atoms with Crippen molar-refractivity contribution in [2.75, 3.05) is 20.6 Å². The summed E-state index contributed by atoms with van der Waals surface area (Å²) >= 11 is 7.67. The van der Waals surface area contributed by atoms with Crippen molar-refractivity contribution in [3.63, 3.8) is 0 Å². The zero-order chi connectivity index (χ0) is 20.3. The van der Waals surface area contributed by atoms with Gasteiger partial charge in [-0.15, -0.1) is 11.3 Å². The molecule has 0 aliphatic heterocycles. The number of hydrogen-bond donors (Lipinski definition) is 1. The van der Waals surface area contributed by atoms with E-state index in [2.05, 4.69) is 17.1 Å². The number of aryl methyl sites for hydroxylation is 2. The molecule has 2 aromatic rings. The monoisotopic (exact) mass is 415 g/mol. The van der Waals surface area contributed by atoms with Crippen molar-refractivity contribution in [3.8, 4) is 0 Å². The number of carbonyl (C=O) groups is 1. The second-order valence-electron chi connectivity index (χ2n) is 7.27. The summed E-state index contributed by atoms with van der Waals surface area (Å²) in [5.74, 6) is -0.0297. The van der Waals surface area contributed by atoms with E-state index < -0.39 is 0 Å². The van der Waals surface area contributed by atoms with Gasteiger partial charge in [0.1, 0.15) is 5.01 Å². The van der Waals surface area contributed by atoms with Crippen LogP contribution in [0.4, 0.5) is 0 Å². The number of benzene rings is 1. The number of hydrogen-bond acceptors (Lipinski definition) is 4. The first kappa shape index (κ1) is 20.8. The van der Waals surface area contributed by atoms with Gasteiger partial charge in [0.05, 0.1) is 11.7 Å². The van der Waals surface area contributed by atoms with Gasteiger partial charge < -0.3 is 10.2 Å². The molecule has 0 bridgehead atoms. The van der Waals surface area contributed by atoms with Crippen LogP contribution in [-0.4, -0.2) is 36.4 Å². The Morgan fingerprint density at radius 2 is 2.00 bits per heavy atom. The highest BCUT2D eigenvalue weighted by Gasteiger charge is 2.24. The van der Waals surface area contributed by atoms with Crippen molar-refractivity contribution in [1.82, 2.24) is 15.2 Å². The van der Waals surface area contributed by atoms with Crippen LogP contribution in [-0.2, 0) is 11.2 Å². The quantitative estimate of drug-likeness (QED) is 0.706. The molecule has 6 heteroatoms. The lowest BCUT2D eigenvalue weighted by atomic mass is 10.0. The van der Waals surface area contributed by atoms with Crippen LogP contribution in [0.1, 0.15) is 40.5 Å². The molecule has 1 aliphatic carbocycles. The molecule has 0 fully saturated rings. The van der Waals surface area contributed by atoms with Crippen molar-refractivity contribution in [2.45, 2.75) is 32.7 Å². The maximum absolute atomic E-state index is 12.9. The van der Waals surface area contributed by atoms with Crippen LogP contribution in [0.15, 0.2) is 42.0 Å². The summed E-state index contributed by atoms with van der Waals surface area (Å²) in [6.45, 7) is 4.89. The molecule has 148 valence electrons. The van der Waals surface area contributed by atoms with Gasteiger partial charge in [-0.05, 0) is 50.7 Å². The van der Waals surface area contributed by atoms with Gasteiger partial charge in [-0.3, -0.25) is 4.79 Å². The van der Waals surface area contributed by atoms with E-state index in [4.69, 9.17) is 16.6 Å². The number of carbonyl (C=O) groups excluding carboxylic acids is 1. The first-order valence-corrected chi connectivity index (χ1v) is 10.6. The van der Waals surface area contributed by atoms with Gasteiger partial charge >= 0.3 is 0 Å². The minimum Gasteiger partial charge on any atom is -0.342 e. The van der Waals surface area contributed by atoms with Gasteiger partial charge in [0.25, 0.3) is 0 Å². The predicted molar refractivity (Wildman–Crippen MR) is 118 cm³/mol. The zero-order valence-electron chi connectivity index (χ0n) is 16.8. The summed E-state index contributed by atoms with van der Waals surface area (Å²) in [7, 11) is 4.02. The van der Waals surface area contributed by atoms with Gasteiger partial charge in [-0.25, -0.2) is 4.98 Å². The lowest BCUT2D eigenvalue weighted by molar-refractivity contribution is -0.118. The Morgan fingerprint density at radius 1 is 1.29 bits per heavy atom. The summed E-state index contributed by atoms with van der Waals surface area (Å²) in [5, 5.41) is 4.88. The number of amides is 1. The number of thiazole rings is 1. The van der Waals surface area contributed by atoms with Gasteiger partial charge in [0.2, 0.25) is 5.91 Å². The molecular weight excluding hydrogens is 390 g/mol. The van der Waals surface area contributed by atoms with Gasteiger partial charge in [-0.2, -0.15) is 0 Å². The molecule has 1 unspecified atom stereocenters. The molecule has 1 N–H and O–H groups in total. The van der Waals surface area contributed by atoms with Crippen molar-refractivity contribution in [3.05, 3.63) is 68.2 Å². The maximum Gasteiger partial charge on any atom is 0.248 e. The Hall–Kier alpha value is -1.95. The summed E-state index contributed by atoms with van der Waals surface area (Å²) in [5.41, 5.74) is 4.06. The fourth-order valence-electron chi connectivity index (χ4n) is 3.27. The Bertz CT molecular complexity index is 912. The Kier molecular flexibility index (Phi) is 6.70. The second-order valence-corrected chi connectivity index (χ2v) is 8.82. The zero-order valence-corrected chi connectivity index (χ0v) is 18.3. The van der Waals surface area contributed by atoms with Crippen LogP contribution in [0.3, 0.4) is 0 Å². The third-order valence-electron chi connectivity index (χ3n) is 4.75. The Balaban J connectivity index is 1.69. The van der Waals surface area contributed by atoms with E-state index in [-0.39, 0.29) is 11.9 Å². The summed E-state index contributed by atoms with van der Waals surface area (Å²) in [4.78, 5) is 21.0. The minimum atomic E-state index is -0.119. The van der Waals surface area contributed by atoms with E-state index in [9.17, 15) is 4.79 Å². The molecule has 0 saturated carbocycles. The second kappa shape index (κ2) is 9.03. The van der Waals surface area contributed by atoms with Crippen LogP contribution in [0.25, 0.3) is 5.57 Å². The molecule has 1 heterocycles. The molecule has 0 spiro atoms. The number of aromatic nitrogens is 1. The van der Waals surface area contributed by atoms with Crippen LogP contribution in [0, 0.1) is 6.92 Å². The lowest BCUT2D eigenvalue weighted by Crippen LogP contribution is -2.35. The molecule has 1 aromatic heterocycles. The molecule has 1 atom stereocenters. The summed E-state index contributed by atoms with van der Waals surface area (Å²) in [6.07, 6.45) is 5.52. The van der Waals surface area contributed by atoms with Crippen LogP contribution in [0.2, 0.25) is 5.02 Å². The van der Waals surface area contributed by atoms with E-state index in [0.717, 1.165) is 33.8 Å². The largest absolute Gasteiger partial charge is 0.342 e. The number of halogens is 1.